The Morgan fingerprint density at radius 3 is 2.20 bits per heavy atom. The van der Waals surface area contributed by atoms with E-state index >= 15 is 0 Å². The number of esters is 1. The van der Waals surface area contributed by atoms with E-state index in [0.29, 0.717) is 5.56 Å². The number of hydrogen-bond acceptors (Lipinski definition) is 6. The van der Waals surface area contributed by atoms with Crippen LogP contribution in [-0.4, -0.2) is 34.6 Å². The topological polar surface area (TPSA) is 102 Å². The van der Waals surface area contributed by atoms with Gasteiger partial charge in [0.15, 0.2) is 5.78 Å². The fraction of sp³-hybridized carbons (Fsp3) is 0.348. The van der Waals surface area contributed by atoms with Crippen molar-refractivity contribution >= 4 is 17.8 Å². The number of carbonyl (C=O) groups is 3. The highest BCUT2D eigenvalue weighted by Crippen LogP contribution is 2.14. The molecule has 0 aromatic heterocycles. The first-order valence-electron chi connectivity index (χ1n) is 9.62. The molecular formula is C23H27NO6. The minimum absolute atomic E-state index is 0.0544. The number of phenols is 1. The van der Waals surface area contributed by atoms with Crippen LogP contribution in [0.25, 0.3) is 0 Å². The lowest BCUT2D eigenvalue weighted by molar-refractivity contribution is -0.156. The molecule has 2 aromatic carbocycles. The van der Waals surface area contributed by atoms with Crippen molar-refractivity contribution in [2.75, 3.05) is 0 Å². The maximum atomic E-state index is 12.7. The number of ketones is 1. The van der Waals surface area contributed by atoms with Gasteiger partial charge in [-0.3, -0.25) is 9.59 Å². The molecule has 2 N–H and O–H groups in total. The molecule has 0 fully saturated rings. The van der Waals surface area contributed by atoms with Crippen LogP contribution in [0.1, 0.15) is 38.3 Å². The molecule has 0 unspecified atom stereocenters. The van der Waals surface area contributed by atoms with Crippen molar-refractivity contribution in [1.82, 2.24) is 5.32 Å². The van der Waals surface area contributed by atoms with Crippen molar-refractivity contribution in [2.45, 2.75) is 51.9 Å². The summed E-state index contributed by atoms with van der Waals surface area (Å²) >= 11 is 0. The fourth-order valence-corrected chi connectivity index (χ4v) is 2.66. The first kappa shape index (κ1) is 22.9. The van der Waals surface area contributed by atoms with E-state index in [1.807, 2.05) is 30.3 Å². The number of benzene rings is 2. The van der Waals surface area contributed by atoms with E-state index < -0.39 is 35.9 Å². The first-order chi connectivity index (χ1) is 14.1. The maximum Gasteiger partial charge on any atom is 0.408 e. The second-order valence-electron chi connectivity index (χ2n) is 7.86. The summed E-state index contributed by atoms with van der Waals surface area (Å²) in [6, 6.07) is 14.4. The van der Waals surface area contributed by atoms with Gasteiger partial charge in [0.1, 0.15) is 24.4 Å². The molecule has 0 heterocycles. The molecule has 160 valence electrons. The SMILES string of the molecule is CC(C)(C)OC(=O)CC(=O)[C@H](Cc1ccc(O)cc1)NC(=O)OCc1ccccc1. The molecule has 0 aliphatic carbocycles. The summed E-state index contributed by atoms with van der Waals surface area (Å²) in [7, 11) is 0. The van der Waals surface area contributed by atoms with Gasteiger partial charge in [-0.2, -0.15) is 0 Å². The van der Waals surface area contributed by atoms with Gasteiger partial charge in [-0.1, -0.05) is 42.5 Å². The summed E-state index contributed by atoms with van der Waals surface area (Å²) < 4.78 is 10.4. The van der Waals surface area contributed by atoms with E-state index in [-0.39, 0.29) is 18.8 Å². The Labute approximate surface area is 176 Å². The van der Waals surface area contributed by atoms with Crippen LogP contribution >= 0.6 is 0 Å². The molecule has 0 bridgehead atoms. The van der Waals surface area contributed by atoms with Crippen molar-refractivity contribution in [3.05, 3.63) is 65.7 Å². The zero-order valence-corrected chi connectivity index (χ0v) is 17.4. The van der Waals surface area contributed by atoms with Crippen molar-refractivity contribution < 1.29 is 29.0 Å². The summed E-state index contributed by atoms with van der Waals surface area (Å²) in [4.78, 5) is 37.0. The Bertz CT molecular complexity index is 856. The van der Waals surface area contributed by atoms with Gasteiger partial charge in [-0.15, -0.1) is 0 Å². The van der Waals surface area contributed by atoms with Gasteiger partial charge in [-0.25, -0.2) is 4.79 Å². The van der Waals surface area contributed by atoms with Crippen LogP contribution in [0.4, 0.5) is 4.79 Å². The van der Waals surface area contributed by atoms with Crippen LogP contribution in [0, 0.1) is 0 Å². The van der Waals surface area contributed by atoms with Crippen LogP contribution in [-0.2, 0) is 32.1 Å². The number of amides is 1. The van der Waals surface area contributed by atoms with Crippen LogP contribution < -0.4 is 5.32 Å². The number of hydrogen-bond donors (Lipinski definition) is 2. The lowest BCUT2D eigenvalue weighted by Crippen LogP contribution is -2.43. The van der Waals surface area contributed by atoms with Crippen LogP contribution in [0.15, 0.2) is 54.6 Å². The smallest absolute Gasteiger partial charge is 0.408 e. The zero-order valence-electron chi connectivity index (χ0n) is 17.4. The number of alkyl carbamates (subject to hydrolysis) is 1. The van der Waals surface area contributed by atoms with Gasteiger partial charge < -0.3 is 19.9 Å². The Hall–Kier alpha value is -3.35. The van der Waals surface area contributed by atoms with Gasteiger partial charge in [0, 0.05) is 0 Å². The van der Waals surface area contributed by atoms with Gasteiger partial charge in [0.2, 0.25) is 0 Å². The van der Waals surface area contributed by atoms with E-state index in [4.69, 9.17) is 9.47 Å². The summed E-state index contributed by atoms with van der Waals surface area (Å²) in [6.45, 7) is 5.19. The lowest BCUT2D eigenvalue weighted by Gasteiger charge is -2.21. The highest BCUT2D eigenvalue weighted by molar-refractivity contribution is 5.99. The van der Waals surface area contributed by atoms with Gasteiger partial charge in [0.05, 0.1) is 6.04 Å². The van der Waals surface area contributed by atoms with E-state index in [2.05, 4.69) is 5.32 Å². The van der Waals surface area contributed by atoms with Crippen molar-refractivity contribution in [2.24, 2.45) is 0 Å². The van der Waals surface area contributed by atoms with Gasteiger partial charge in [-0.05, 0) is 50.5 Å². The number of Topliss-reactive ketones (excluding diaryl/α,β-unsaturated/α-hetero) is 1. The second kappa shape index (κ2) is 10.4. The molecule has 7 heteroatoms. The predicted molar refractivity (Wildman–Crippen MR) is 111 cm³/mol. The standard InChI is InChI=1S/C23H27NO6/c1-23(2,3)30-21(27)14-20(26)19(13-16-9-11-18(25)12-10-16)24-22(28)29-15-17-7-5-4-6-8-17/h4-12,19,25H,13-15H2,1-3H3,(H,24,28)/t19-/m0/s1. The third-order valence-corrected chi connectivity index (χ3v) is 4.01. The summed E-state index contributed by atoms with van der Waals surface area (Å²) in [5.74, 6) is -1.07. The van der Waals surface area contributed by atoms with Crippen molar-refractivity contribution in [3.8, 4) is 5.75 Å². The highest BCUT2D eigenvalue weighted by atomic mass is 16.6. The molecule has 0 spiro atoms. The van der Waals surface area contributed by atoms with Crippen LogP contribution in [0.2, 0.25) is 0 Å². The summed E-state index contributed by atoms with van der Waals surface area (Å²) in [5, 5.41) is 12.0. The number of rotatable bonds is 8. The Balaban J connectivity index is 2.03. The average molecular weight is 413 g/mol. The molecule has 0 radical (unpaired) electrons. The molecule has 2 aromatic rings. The molecule has 2 rings (SSSR count). The number of phenolic OH excluding ortho intramolecular Hbond substituents is 1. The fourth-order valence-electron chi connectivity index (χ4n) is 2.66. The summed E-state index contributed by atoms with van der Waals surface area (Å²) in [6.07, 6.45) is -1.10. The van der Waals surface area contributed by atoms with Gasteiger partial charge >= 0.3 is 12.1 Å². The normalized spacial score (nSPS) is 12.0. The van der Waals surface area contributed by atoms with Crippen LogP contribution in [0.5, 0.6) is 5.75 Å². The Morgan fingerprint density at radius 1 is 0.967 bits per heavy atom. The second-order valence-corrected chi connectivity index (χ2v) is 7.86. The number of ether oxygens (including phenoxy) is 2. The first-order valence-corrected chi connectivity index (χ1v) is 9.62. The molecule has 30 heavy (non-hydrogen) atoms. The van der Waals surface area contributed by atoms with Crippen molar-refractivity contribution in [1.29, 1.82) is 0 Å². The molecular weight excluding hydrogens is 386 g/mol. The molecule has 0 saturated heterocycles. The maximum absolute atomic E-state index is 12.7. The Kier molecular flexibility index (Phi) is 7.98. The average Bonchev–Trinajstić information content (AvgIpc) is 2.66. The monoisotopic (exact) mass is 413 g/mol. The largest absolute Gasteiger partial charge is 0.508 e. The minimum Gasteiger partial charge on any atom is -0.508 e. The highest BCUT2D eigenvalue weighted by Gasteiger charge is 2.26. The molecule has 0 aliphatic rings. The predicted octanol–water partition coefficient (Wildman–Crippen LogP) is 3.53. The van der Waals surface area contributed by atoms with E-state index in [0.717, 1.165) is 5.56 Å². The van der Waals surface area contributed by atoms with E-state index in [1.165, 1.54) is 12.1 Å². The molecule has 1 amide bonds. The molecule has 7 nitrogen and oxygen atoms in total. The molecule has 1 atom stereocenters. The third kappa shape index (κ3) is 8.34. The van der Waals surface area contributed by atoms with Crippen molar-refractivity contribution in [3.63, 3.8) is 0 Å². The summed E-state index contributed by atoms with van der Waals surface area (Å²) in [5.41, 5.74) is 0.799. The van der Waals surface area contributed by atoms with E-state index in [1.54, 1.807) is 32.9 Å². The number of carbonyl (C=O) groups excluding carboxylic acids is 3. The number of aromatic hydroxyl groups is 1. The molecule has 0 saturated carbocycles. The zero-order chi connectivity index (χ0) is 22.1. The van der Waals surface area contributed by atoms with E-state index in [9.17, 15) is 19.5 Å². The van der Waals surface area contributed by atoms with Crippen LogP contribution in [0.3, 0.4) is 0 Å². The Morgan fingerprint density at radius 2 is 1.60 bits per heavy atom. The third-order valence-electron chi connectivity index (χ3n) is 4.01. The molecule has 0 aliphatic heterocycles. The van der Waals surface area contributed by atoms with Gasteiger partial charge in [0.25, 0.3) is 0 Å². The minimum atomic E-state index is -0.981. The quantitative estimate of drug-likeness (QED) is 0.507. The number of nitrogens with one attached hydrogen (secondary N) is 1. The lowest BCUT2D eigenvalue weighted by atomic mass is 10.0.